The molecule has 1 aliphatic rings. The first-order valence-electron chi connectivity index (χ1n) is 11.0. The van der Waals surface area contributed by atoms with Gasteiger partial charge < -0.3 is 14.6 Å². The number of hydrogen-bond donors (Lipinski definition) is 0. The average molecular weight is 547 g/mol. The number of aromatic nitrogens is 1. The van der Waals surface area contributed by atoms with Gasteiger partial charge in [-0.15, -0.1) is 0 Å². The molecule has 0 saturated heterocycles. The van der Waals surface area contributed by atoms with Crippen LogP contribution in [0.3, 0.4) is 0 Å². The van der Waals surface area contributed by atoms with Crippen molar-refractivity contribution in [3.63, 3.8) is 0 Å². The summed E-state index contributed by atoms with van der Waals surface area (Å²) in [7, 11) is 0. The second kappa shape index (κ2) is 11.5. The third-order valence-corrected chi connectivity index (χ3v) is 5.86. The van der Waals surface area contributed by atoms with E-state index in [1.54, 1.807) is 6.07 Å². The van der Waals surface area contributed by atoms with Gasteiger partial charge in [0.15, 0.2) is 0 Å². The fourth-order valence-corrected chi connectivity index (χ4v) is 4.12. The van der Waals surface area contributed by atoms with Gasteiger partial charge in [-0.3, -0.25) is 0 Å². The van der Waals surface area contributed by atoms with Crippen LogP contribution < -0.4 is 39.4 Å². The number of aromatic carboxylic acids is 1. The molecule has 0 spiro atoms. The van der Waals surface area contributed by atoms with Crippen molar-refractivity contribution in [1.29, 1.82) is 0 Å². The van der Waals surface area contributed by atoms with E-state index in [9.17, 15) is 40.6 Å². The zero-order valence-electron chi connectivity index (χ0n) is 19.8. The number of pyridine rings is 1. The Morgan fingerprint density at radius 2 is 1.55 bits per heavy atom. The van der Waals surface area contributed by atoms with Crippen molar-refractivity contribution in [3.05, 3.63) is 94.1 Å². The van der Waals surface area contributed by atoms with Gasteiger partial charge in [0.1, 0.15) is 18.2 Å². The average Bonchev–Trinajstić information content (AvgIpc) is 3.32. The van der Waals surface area contributed by atoms with Crippen LogP contribution in [-0.2, 0) is 19.0 Å². The topological polar surface area (TPSA) is 62.2 Å². The van der Waals surface area contributed by atoms with Crippen molar-refractivity contribution in [2.75, 3.05) is 0 Å². The molecule has 38 heavy (non-hydrogen) atoms. The third-order valence-electron chi connectivity index (χ3n) is 5.86. The maximum absolute atomic E-state index is 14.0. The van der Waals surface area contributed by atoms with Crippen LogP contribution in [0.15, 0.2) is 54.6 Å². The number of carboxylic acids is 1. The van der Waals surface area contributed by atoms with E-state index >= 15 is 0 Å². The molecule has 0 saturated carbocycles. The van der Waals surface area contributed by atoms with Gasteiger partial charge in [-0.25, -0.2) is 9.37 Å². The molecule has 194 valence electrons. The number of carbonyl (C=O) groups excluding carboxylic acids is 1. The molecule has 1 heterocycles. The fraction of sp³-hybridized carbons (Fsp3) is 0.231. The van der Waals surface area contributed by atoms with Gasteiger partial charge in [-0.1, -0.05) is 18.2 Å². The summed E-state index contributed by atoms with van der Waals surface area (Å²) < 4.78 is 101. The molecule has 0 fully saturated rings. The van der Waals surface area contributed by atoms with Crippen molar-refractivity contribution in [2.24, 2.45) is 0 Å². The Bertz CT molecular complexity index is 1380. The summed E-state index contributed by atoms with van der Waals surface area (Å²) in [6, 6.07) is 9.29. The number of ether oxygens (including phenoxy) is 1. The van der Waals surface area contributed by atoms with E-state index in [-0.39, 0.29) is 82.7 Å². The molecular weight excluding hydrogens is 530 g/mol. The van der Waals surface area contributed by atoms with E-state index in [1.807, 2.05) is 0 Å². The predicted octanol–water partition coefficient (Wildman–Crippen LogP) is 3.30. The SMILES string of the molecule is O=C([O-])c1cc(C(F)(F)F)cc(C2=C(c3cc(C(F)(F)F)ccc3OCc3ccccc3F)CCC2)n1.[Na+]. The van der Waals surface area contributed by atoms with Crippen molar-refractivity contribution in [1.82, 2.24) is 4.98 Å². The molecule has 1 aliphatic carbocycles. The molecule has 12 heteroatoms. The van der Waals surface area contributed by atoms with Gasteiger partial charge >= 0.3 is 41.9 Å². The molecule has 0 radical (unpaired) electrons. The van der Waals surface area contributed by atoms with Crippen LogP contribution in [-0.4, -0.2) is 11.0 Å². The minimum atomic E-state index is -4.90. The normalized spacial score (nSPS) is 13.9. The van der Waals surface area contributed by atoms with Crippen molar-refractivity contribution < 1.29 is 74.9 Å². The van der Waals surface area contributed by atoms with E-state index in [1.165, 1.54) is 18.2 Å². The quantitative estimate of drug-likeness (QED) is 0.351. The fourth-order valence-electron chi connectivity index (χ4n) is 4.12. The summed E-state index contributed by atoms with van der Waals surface area (Å²) in [6.45, 7) is -0.315. The molecule has 0 bridgehead atoms. The Kier molecular flexibility index (Phi) is 8.95. The minimum absolute atomic E-state index is 0. The van der Waals surface area contributed by atoms with Crippen molar-refractivity contribution in [3.8, 4) is 5.75 Å². The summed E-state index contributed by atoms with van der Waals surface area (Å²) in [6.07, 6.45) is -8.95. The maximum Gasteiger partial charge on any atom is 1.00 e. The largest absolute Gasteiger partial charge is 1.00 e. The summed E-state index contributed by atoms with van der Waals surface area (Å²) in [4.78, 5) is 15.1. The molecule has 0 amide bonds. The zero-order valence-corrected chi connectivity index (χ0v) is 21.8. The number of carboxylic acid groups (broad SMARTS) is 1. The Balaban J connectivity index is 0.00000400. The van der Waals surface area contributed by atoms with Crippen LogP contribution in [0.2, 0.25) is 0 Å². The molecule has 0 atom stereocenters. The molecular formula is C26H17F7NNaO3. The van der Waals surface area contributed by atoms with Crippen LogP contribution in [0.4, 0.5) is 30.7 Å². The van der Waals surface area contributed by atoms with Gasteiger partial charge in [-0.2, -0.15) is 26.3 Å². The Labute approximate surface area is 234 Å². The Morgan fingerprint density at radius 3 is 2.18 bits per heavy atom. The molecule has 0 aliphatic heterocycles. The number of carbonyl (C=O) groups is 1. The standard InChI is InChI=1S/C26H18F7NO3.Na/c27-20-7-2-1-4-14(20)13-37-23-9-8-15(25(28,29)30)10-19(23)17-5-3-6-18(17)21-11-16(26(31,32)33)12-22(34-21)24(35)36;/h1-2,4,7-12H,3,5-6,13H2,(H,35,36);/q;+1/p-1. The second-order valence-corrected chi connectivity index (χ2v) is 8.31. The van der Waals surface area contributed by atoms with Crippen LogP contribution >= 0.6 is 0 Å². The van der Waals surface area contributed by atoms with Gasteiger partial charge in [0.05, 0.1) is 28.5 Å². The number of alkyl halides is 6. The summed E-state index contributed by atoms with van der Waals surface area (Å²) in [5.41, 5.74) is -3.11. The van der Waals surface area contributed by atoms with Crippen LogP contribution in [0, 0.1) is 5.82 Å². The molecule has 4 nitrogen and oxygen atoms in total. The van der Waals surface area contributed by atoms with E-state index < -0.39 is 41.0 Å². The monoisotopic (exact) mass is 547 g/mol. The second-order valence-electron chi connectivity index (χ2n) is 8.31. The van der Waals surface area contributed by atoms with Crippen LogP contribution in [0.1, 0.15) is 57.7 Å². The number of allylic oxidation sites excluding steroid dienone is 2. The number of halogens is 7. The number of benzene rings is 2. The maximum atomic E-state index is 14.0. The van der Waals surface area contributed by atoms with Gasteiger partial charge in [0, 0.05) is 11.1 Å². The van der Waals surface area contributed by atoms with Crippen molar-refractivity contribution >= 4 is 17.1 Å². The molecule has 3 aromatic rings. The number of nitrogens with zero attached hydrogens (tertiary/aromatic N) is 1. The van der Waals surface area contributed by atoms with E-state index in [0.717, 1.165) is 18.2 Å². The third kappa shape index (κ3) is 6.57. The first-order valence-corrected chi connectivity index (χ1v) is 11.0. The van der Waals surface area contributed by atoms with Crippen LogP contribution in [0.25, 0.3) is 11.1 Å². The van der Waals surface area contributed by atoms with Gasteiger partial charge in [0.2, 0.25) is 0 Å². The predicted molar refractivity (Wildman–Crippen MR) is 116 cm³/mol. The first kappa shape index (κ1) is 29.7. The number of hydrogen-bond acceptors (Lipinski definition) is 4. The number of rotatable bonds is 6. The van der Waals surface area contributed by atoms with Gasteiger partial charge in [-0.05, 0) is 66.8 Å². The molecule has 4 rings (SSSR count). The molecule has 0 N–H and O–H groups in total. The van der Waals surface area contributed by atoms with E-state index in [0.29, 0.717) is 18.6 Å². The van der Waals surface area contributed by atoms with E-state index in [4.69, 9.17) is 4.74 Å². The Hall–Kier alpha value is -2.89. The smallest absolute Gasteiger partial charge is 0.543 e. The summed E-state index contributed by atoms with van der Waals surface area (Å²) in [5, 5.41) is 11.3. The van der Waals surface area contributed by atoms with Gasteiger partial charge in [0.25, 0.3) is 0 Å². The van der Waals surface area contributed by atoms with E-state index in [2.05, 4.69) is 4.98 Å². The molecule has 0 unspecified atom stereocenters. The summed E-state index contributed by atoms with van der Waals surface area (Å²) in [5.74, 6) is -2.56. The zero-order chi connectivity index (χ0) is 27.0. The first-order chi connectivity index (χ1) is 17.3. The van der Waals surface area contributed by atoms with Crippen molar-refractivity contribution in [2.45, 2.75) is 38.2 Å². The molecule has 2 aromatic carbocycles. The summed E-state index contributed by atoms with van der Waals surface area (Å²) >= 11 is 0. The molecule has 1 aromatic heterocycles. The van der Waals surface area contributed by atoms with Crippen LogP contribution in [0.5, 0.6) is 5.75 Å². The Morgan fingerprint density at radius 1 is 0.895 bits per heavy atom. The minimum Gasteiger partial charge on any atom is -0.543 e.